The van der Waals surface area contributed by atoms with Gasteiger partial charge in [-0.15, -0.1) is 5.06 Å². The second-order valence-electron chi connectivity index (χ2n) is 5.74. The molecule has 0 spiro atoms. The van der Waals surface area contributed by atoms with Crippen LogP contribution in [0.2, 0.25) is 0 Å². The van der Waals surface area contributed by atoms with Crippen LogP contribution in [0.15, 0.2) is 24.3 Å². The van der Waals surface area contributed by atoms with E-state index in [9.17, 15) is 14.4 Å². The summed E-state index contributed by atoms with van der Waals surface area (Å²) in [5.41, 5.74) is 2.03. The molecule has 1 heterocycles. The summed E-state index contributed by atoms with van der Waals surface area (Å²) in [5.74, 6) is -1.04. The van der Waals surface area contributed by atoms with E-state index in [1.54, 1.807) is 45.0 Å². The van der Waals surface area contributed by atoms with Crippen LogP contribution in [0.5, 0.6) is 0 Å². The van der Waals surface area contributed by atoms with Crippen LogP contribution in [0, 0.1) is 0 Å². The standard InChI is InChI=1S/C15H18N2O6/c1-15(2,3)23-14(20)16-21-8-9-22-17-12(18)10-6-4-5-7-11(10)13(17)19/h4-7H,8-9H2,1-3H3,(H,16,20). The van der Waals surface area contributed by atoms with Crippen molar-refractivity contribution >= 4 is 17.9 Å². The second-order valence-corrected chi connectivity index (χ2v) is 5.74. The lowest BCUT2D eigenvalue weighted by Crippen LogP contribution is -2.35. The maximum Gasteiger partial charge on any atom is 0.431 e. The summed E-state index contributed by atoms with van der Waals surface area (Å²) in [4.78, 5) is 45.2. The monoisotopic (exact) mass is 322 g/mol. The molecule has 8 heteroatoms. The molecule has 0 aliphatic carbocycles. The fourth-order valence-corrected chi connectivity index (χ4v) is 1.86. The van der Waals surface area contributed by atoms with Gasteiger partial charge >= 0.3 is 6.09 Å². The first kappa shape index (κ1) is 16.9. The Morgan fingerprint density at radius 1 is 1.09 bits per heavy atom. The number of nitrogens with one attached hydrogen (secondary N) is 1. The van der Waals surface area contributed by atoms with Crippen LogP contribution < -0.4 is 5.48 Å². The van der Waals surface area contributed by atoms with Crippen LogP contribution in [0.4, 0.5) is 4.79 Å². The van der Waals surface area contributed by atoms with Crippen LogP contribution >= 0.6 is 0 Å². The lowest BCUT2D eigenvalue weighted by Gasteiger charge is -2.19. The molecule has 1 N–H and O–H groups in total. The minimum Gasteiger partial charge on any atom is -0.442 e. The molecule has 1 aliphatic heterocycles. The molecule has 0 unspecified atom stereocenters. The van der Waals surface area contributed by atoms with Crippen molar-refractivity contribution < 1.29 is 28.8 Å². The van der Waals surface area contributed by atoms with Gasteiger partial charge < -0.3 is 4.74 Å². The second kappa shape index (κ2) is 6.76. The van der Waals surface area contributed by atoms with Gasteiger partial charge in [0.15, 0.2) is 0 Å². The van der Waals surface area contributed by atoms with Crippen LogP contribution in [-0.2, 0) is 14.4 Å². The Morgan fingerprint density at radius 2 is 1.65 bits per heavy atom. The van der Waals surface area contributed by atoms with Gasteiger partial charge in [0.25, 0.3) is 11.8 Å². The fourth-order valence-electron chi connectivity index (χ4n) is 1.86. The molecule has 0 saturated carbocycles. The van der Waals surface area contributed by atoms with Gasteiger partial charge in [0, 0.05) is 0 Å². The Balaban J connectivity index is 1.73. The number of rotatable bonds is 5. The molecular weight excluding hydrogens is 304 g/mol. The molecule has 124 valence electrons. The first-order valence-electron chi connectivity index (χ1n) is 7.01. The molecule has 1 aliphatic rings. The molecule has 0 aromatic heterocycles. The topological polar surface area (TPSA) is 94.2 Å². The number of nitrogens with zero attached hydrogens (tertiary/aromatic N) is 1. The normalized spacial score (nSPS) is 14.0. The number of carbonyl (C=O) groups excluding carboxylic acids is 3. The third-order valence-electron chi connectivity index (χ3n) is 2.72. The van der Waals surface area contributed by atoms with Crippen LogP contribution in [0.3, 0.4) is 0 Å². The predicted octanol–water partition coefficient (Wildman–Crippen LogP) is 1.67. The van der Waals surface area contributed by atoms with Gasteiger partial charge in [-0.2, -0.15) is 5.48 Å². The summed E-state index contributed by atoms with van der Waals surface area (Å²) in [6.07, 6.45) is -0.738. The number of ether oxygens (including phenoxy) is 1. The quantitative estimate of drug-likeness (QED) is 0.503. The summed E-state index contributed by atoms with van der Waals surface area (Å²) in [6, 6.07) is 6.45. The van der Waals surface area contributed by atoms with Crippen molar-refractivity contribution in [2.24, 2.45) is 0 Å². The van der Waals surface area contributed by atoms with E-state index in [-0.39, 0.29) is 13.2 Å². The molecule has 0 atom stereocenters. The Kier molecular flexibility index (Phi) is 4.97. The van der Waals surface area contributed by atoms with Crippen molar-refractivity contribution in [1.82, 2.24) is 10.5 Å². The van der Waals surface area contributed by atoms with E-state index in [1.807, 2.05) is 0 Å². The van der Waals surface area contributed by atoms with E-state index in [1.165, 1.54) is 0 Å². The fraction of sp³-hybridized carbons (Fsp3) is 0.400. The van der Waals surface area contributed by atoms with Crippen molar-refractivity contribution in [2.75, 3.05) is 13.2 Å². The third kappa shape index (κ3) is 4.27. The highest BCUT2D eigenvalue weighted by molar-refractivity contribution is 6.20. The van der Waals surface area contributed by atoms with Crippen molar-refractivity contribution in [3.05, 3.63) is 35.4 Å². The summed E-state index contributed by atoms with van der Waals surface area (Å²) in [6.45, 7) is 5.00. The van der Waals surface area contributed by atoms with Crippen LogP contribution in [0.1, 0.15) is 41.5 Å². The highest BCUT2D eigenvalue weighted by Gasteiger charge is 2.36. The van der Waals surface area contributed by atoms with Gasteiger partial charge in [0.1, 0.15) is 18.8 Å². The number of hydroxylamine groups is 3. The van der Waals surface area contributed by atoms with E-state index in [4.69, 9.17) is 14.4 Å². The highest BCUT2D eigenvalue weighted by Crippen LogP contribution is 2.22. The summed E-state index contributed by atoms with van der Waals surface area (Å²) < 4.78 is 4.96. The van der Waals surface area contributed by atoms with Crippen LogP contribution in [-0.4, -0.2) is 41.8 Å². The average Bonchev–Trinajstić information content (AvgIpc) is 2.70. The summed E-state index contributed by atoms with van der Waals surface area (Å²) in [5, 5.41) is 0.682. The first-order valence-corrected chi connectivity index (χ1v) is 7.01. The van der Waals surface area contributed by atoms with Crippen molar-refractivity contribution in [2.45, 2.75) is 26.4 Å². The maximum absolute atomic E-state index is 12.0. The van der Waals surface area contributed by atoms with E-state index in [0.717, 1.165) is 0 Å². The molecule has 2 rings (SSSR count). The Labute approximate surface area is 133 Å². The summed E-state index contributed by atoms with van der Waals surface area (Å²) in [7, 11) is 0. The molecule has 3 amide bonds. The van der Waals surface area contributed by atoms with Crippen molar-refractivity contribution in [3.8, 4) is 0 Å². The largest absolute Gasteiger partial charge is 0.442 e. The van der Waals surface area contributed by atoms with Crippen molar-refractivity contribution in [3.63, 3.8) is 0 Å². The molecule has 1 aromatic carbocycles. The highest BCUT2D eigenvalue weighted by atomic mass is 16.7. The van der Waals surface area contributed by atoms with Gasteiger partial charge in [-0.1, -0.05) is 12.1 Å². The minimum absolute atomic E-state index is 0.0628. The predicted molar refractivity (Wildman–Crippen MR) is 78.2 cm³/mol. The minimum atomic E-state index is -0.738. The van der Waals surface area contributed by atoms with Gasteiger partial charge in [-0.3, -0.25) is 19.3 Å². The Hall–Kier alpha value is -2.45. The number of imide groups is 1. The number of amides is 3. The van der Waals surface area contributed by atoms with Gasteiger partial charge in [0.2, 0.25) is 0 Å². The molecule has 23 heavy (non-hydrogen) atoms. The van der Waals surface area contributed by atoms with Gasteiger partial charge in [-0.05, 0) is 32.9 Å². The maximum atomic E-state index is 12.0. The zero-order valence-corrected chi connectivity index (χ0v) is 13.1. The zero-order chi connectivity index (χ0) is 17.0. The molecule has 0 radical (unpaired) electrons. The third-order valence-corrected chi connectivity index (χ3v) is 2.72. The first-order chi connectivity index (χ1) is 10.8. The number of fused-ring (bicyclic) bond motifs is 1. The Morgan fingerprint density at radius 3 is 2.17 bits per heavy atom. The molecule has 0 fully saturated rings. The molecule has 0 saturated heterocycles. The van der Waals surface area contributed by atoms with Gasteiger partial charge in [0.05, 0.1) is 11.1 Å². The van der Waals surface area contributed by atoms with E-state index in [0.29, 0.717) is 16.2 Å². The smallest absolute Gasteiger partial charge is 0.431 e. The molecule has 0 bridgehead atoms. The number of hydrogen-bond donors (Lipinski definition) is 1. The molecule has 8 nitrogen and oxygen atoms in total. The zero-order valence-electron chi connectivity index (χ0n) is 13.1. The Bertz CT molecular complexity index is 588. The SMILES string of the molecule is CC(C)(C)OC(=O)NOCCON1C(=O)c2ccccc2C1=O. The van der Waals surface area contributed by atoms with Gasteiger partial charge in [-0.25, -0.2) is 4.79 Å². The number of carbonyl (C=O) groups is 3. The number of benzene rings is 1. The lowest BCUT2D eigenvalue weighted by atomic mass is 10.1. The van der Waals surface area contributed by atoms with E-state index in [2.05, 4.69) is 5.48 Å². The average molecular weight is 322 g/mol. The van der Waals surface area contributed by atoms with E-state index >= 15 is 0 Å². The molecular formula is C15H18N2O6. The summed E-state index contributed by atoms with van der Waals surface area (Å²) >= 11 is 0. The van der Waals surface area contributed by atoms with E-state index < -0.39 is 23.5 Å². The van der Waals surface area contributed by atoms with Crippen molar-refractivity contribution in [1.29, 1.82) is 0 Å². The van der Waals surface area contributed by atoms with Crippen LogP contribution in [0.25, 0.3) is 0 Å². The molecule has 1 aromatic rings. The lowest BCUT2D eigenvalue weighted by molar-refractivity contribution is -0.114. The number of hydrogen-bond acceptors (Lipinski definition) is 6.